The Hall–Kier alpha value is -1.63. The smallest absolute Gasteiger partial charge is 0.242 e. The lowest BCUT2D eigenvalue weighted by molar-refractivity contribution is -0.132. The van der Waals surface area contributed by atoms with Crippen molar-refractivity contribution in [2.45, 2.75) is 25.1 Å². The Labute approximate surface area is 136 Å². The van der Waals surface area contributed by atoms with Crippen LogP contribution in [0.2, 0.25) is 0 Å². The third-order valence-corrected chi connectivity index (χ3v) is 3.53. The van der Waals surface area contributed by atoms with E-state index >= 15 is 0 Å². The van der Waals surface area contributed by atoms with Gasteiger partial charge >= 0.3 is 0 Å². The van der Waals surface area contributed by atoms with Crippen molar-refractivity contribution in [2.75, 3.05) is 20.1 Å². The highest BCUT2D eigenvalue weighted by Gasteiger charge is 2.28. The van der Waals surface area contributed by atoms with Crippen LogP contribution < -0.4 is 10.6 Å². The Morgan fingerprint density at radius 2 is 2.05 bits per heavy atom. The molecule has 122 valence electrons. The van der Waals surface area contributed by atoms with E-state index in [0.717, 1.165) is 5.56 Å². The van der Waals surface area contributed by atoms with Crippen molar-refractivity contribution in [3.05, 3.63) is 35.9 Å². The van der Waals surface area contributed by atoms with Crippen molar-refractivity contribution < 1.29 is 14.7 Å². The second-order valence-corrected chi connectivity index (χ2v) is 5.30. The summed E-state index contributed by atoms with van der Waals surface area (Å²) in [5, 5.41) is 14.9. The molecule has 7 heteroatoms. The van der Waals surface area contributed by atoms with Crippen molar-refractivity contribution in [1.82, 2.24) is 15.5 Å². The highest BCUT2D eigenvalue weighted by Crippen LogP contribution is 2.06. The molecule has 1 aliphatic rings. The number of rotatable bonds is 5. The zero-order chi connectivity index (χ0) is 15.2. The second-order valence-electron chi connectivity index (χ2n) is 5.30. The Morgan fingerprint density at radius 3 is 2.64 bits per heavy atom. The molecule has 2 atom stereocenters. The fraction of sp³-hybridized carbons (Fsp3) is 0.467. The third-order valence-electron chi connectivity index (χ3n) is 3.53. The number of nitrogens with one attached hydrogen (secondary N) is 2. The van der Waals surface area contributed by atoms with Gasteiger partial charge in [0.2, 0.25) is 11.8 Å². The number of hydrogen-bond donors (Lipinski definition) is 3. The van der Waals surface area contributed by atoms with Gasteiger partial charge in [-0.15, -0.1) is 12.4 Å². The van der Waals surface area contributed by atoms with Crippen LogP contribution in [0.25, 0.3) is 0 Å². The van der Waals surface area contributed by atoms with E-state index in [1.165, 1.54) is 0 Å². The minimum absolute atomic E-state index is 0. The van der Waals surface area contributed by atoms with E-state index in [1.54, 1.807) is 11.9 Å². The van der Waals surface area contributed by atoms with E-state index in [9.17, 15) is 14.7 Å². The number of β-amino-alcohol motifs (C(OH)–C–C–N with tert-alkyl or cyclic N) is 1. The van der Waals surface area contributed by atoms with Gasteiger partial charge in [0.25, 0.3) is 0 Å². The van der Waals surface area contributed by atoms with Gasteiger partial charge in [-0.05, 0) is 12.0 Å². The van der Waals surface area contributed by atoms with Gasteiger partial charge in [0.05, 0.1) is 18.7 Å². The number of likely N-dealkylation sites (N-methyl/N-ethyl adjacent to an activating group) is 1. The van der Waals surface area contributed by atoms with E-state index in [2.05, 4.69) is 10.6 Å². The van der Waals surface area contributed by atoms with Gasteiger partial charge in [0, 0.05) is 20.1 Å². The normalized spacial score (nSPS) is 20.1. The molecule has 0 bridgehead atoms. The van der Waals surface area contributed by atoms with Crippen LogP contribution >= 0.6 is 12.4 Å². The van der Waals surface area contributed by atoms with E-state index in [0.29, 0.717) is 19.5 Å². The topological polar surface area (TPSA) is 81.7 Å². The number of carbonyl (C=O) groups excluding carboxylic acids is 2. The Kier molecular flexibility index (Phi) is 7.31. The summed E-state index contributed by atoms with van der Waals surface area (Å²) < 4.78 is 0. The summed E-state index contributed by atoms with van der Waals surface area (Å²) in [6, 6.07) is 9.26. The molecule has 0 saturated carbocycles. The molecular formula is C15H22ClN3O3. The molecule has 0 aliphatic carbocycles. The fourth-order valence-corrected chi connectivity index (χ4v) is 2.28. The predicted molar refractivity (Wildman–Crippen MR) is 85.6 cm³/mol. The zero-order valence-electron chi connectivity index (χ0n) is 12.5. The minimum Gasteiger partial charge on any atom is -0.392 e. The van der Waals surface area contributed by atoms with Gasteiger partial charge in [-0.25, -0.2) is 0 Å². The first-order chi connectivity index (χ1) is 10.1. The van der Waals surface area contributed by atoms with Crippen molar-refractivity contribution in [3.63, 3.8) is 0 Å². The number of aliphatic hydroxyl groups is 1. The van der Waals surface area contributed by atoms with Gasteiger partial charge in [0.1, 0.15) is 0 Å². The maximum absolute atomic E-state index is 12.0. The SMILES string of the molecule is CN(Cc1ccccc1)C(=O)CNC(=O)C1CC(O)CN1.Cl. The van der Waals surface area contributed by atoms with Crippen LogP contribution in [0.4, 0.5) is 0 Å². The number of hydrogen-bond acceptors (Lipinski definition) is 4. The zero-order valence-corrected chi connectivity index (χ0v) is 13.3. The molecule has 1 aromatic rings. The van der Waals surface area contributed by atoms with Crippen molar-refractivity contribution >= 4 is 24.2 Å². The van der Waals surface area contributed by atoms with Gasteiger partial charge in [-0.2, -0.15) is 0 Å². The standard InChI is InChI=1S/C15H21N3O3.ClH/c1-18(10-11-5-3-2-4-6-11)14(20)9-17-15(21)13-7-12(19)8-16-13;/h2-6,12-13,16,19H,7-10H2,1H3,(H,17,21);1H. The van der Waals surface area contributed by atoms with Crippen LogP contribution in [0.3, 0.4) is 0 Å². The molecule has 1 saturated heterocycles. The molecule has 0 spiro atoms. The average molecular weight is 328 g/mol. The van der Waals surface area contributed by atoms with Crippen LogP contribution in [-0.4, -0.2) is 54.1 Å². The molecular weight excluding hydrogens is 306 g/mol. The van der Waals surface area contributed by atoms with E-state index in [-0.39, 0.29) is 30.8 Å². The third kappa shape index (κ3) is 5.29. The van der Waals surface area contributed by atoms with Gasteiger partial charge in [-0.1, -0.05) is 30.3 Å². The predicted octanol–water partition coefficient (Wildman–Crippen LogP) is -0.0942. The van der Waals surface area contributed by atoms with Crippen molar-refractivity contribution in [3.8, 4) is 0 Å². The summed E-state index contributed by atoms with van der Waals surface area (Å²) >= 11 is 0. The largest absolute Gasteiger partial charge is 0.392 e. The molecule has 2 unspecified atom stereocenters. The number of halogens is 1. The quantitative estimate of drug-likeness (QED) is 0.706. The first kappa shape index (κ1) is 18.4. The van der Waals surface area contributed by atoms with Gasteiger partial charge < -0.3 is 20.6 Å². The maximum atomic E-state index is 12.0. The molecule has 0 aromatic heterocycles. The van der Waals surface area contributed by atoms with E-state index < -0.39 is 12.1 Å². The lowest BCUT2D eigenvalue weighted by atomic mass is 10.2. The molecule has 2 amide bonds. The number of benzene rings is 1. The summed E-state index contributed by atoms with van der Waals surface area (Å²) in [6.07, 6.45) is -0.0999. The summed E-state index contributed by atoms with van der Waals surface area (Å²) in [5.41, 5.74) is 1.04. The summed E-state index contributed by atoms with van der Waals surface area (Å²) in [5.74, 6) is -0.390. The van der Waals surface area contributed by atoms with E-state index in [4.69, 9.17) is 0 Å². The maximum Gasteiger partial charge on any atom is 0.242 e. The monoisotopic (exact) mass is 327 g/mol. The van der Waals surface area contributed by atoms with Crippen LogP contribution in [0, 0.1) is 0 Å². The lowest BCUT2D eigenvalue weighted by Gasteiger charge is -2.18. The molecule has 6 nitrogen and oxygen atoms in total. The Balaban J connectivity index is 0.00000242. The molecule has 1 heterocycles. The highest BCUT2D eigenvalue weighted by atomic mass is 35.5. The lowest BCUT2D eigenvalue weighted by Crippen LogP contribution is -2.44. The number of aliphatic hydroxyl groups excluding tert-OH is 1. The number of carbonyl (C=O) groups is 2. The van der Waals surface area contributed by atoms with Crippen LogP contribution in [-0.2, 0) is 16.1 Å². The molecule has 3 N–H and O–H groups in total. The molecule has 0 radical (unpaired) electrons. The first-order valence-electron chi connectivity index (χ1n) is 7.03. The van der Waals surface area contributed by atoms with Crippen LogP contribution in [0.15, 0.2) is 30.3 Å². The average Bonchev–Trinajstić information content (AvgIpc) is 2.92. The van der Waals surface area contributed by atoms with Gasteiger partial charge in [-0.3, -0.25) is 9.59 Å². The van der Waals surface area contributed by atoms with E-state index in [1.807, 2.05) is 30.3 Å². The number of amides is 2. The van der Waals surface area contributed by atoms with Crippen molar-refractivity contribution in [1.29, 1.82) is 0 Å². The molecule has 1 aromatic carbocycles. The Morgan fingerprint density at radius 1 is 1.36 bits per heavy atom. The Bertz CT molecular complexity index is 498. The summed E-state index contributed by atoms with van der Waals surface area (Å²) in [7, 11) is 1.71. The van der Waals surface area contributed by atoms with Crippen LogP contribution in [0.5, 0.6) is 0 Å². The minimum atomic E-state index is -0.489. The second kappa shape index (κ2) is 8.73. The van der Waals surface area contributed by atoms with Crippen LogP contribution in [0.1, 0.15) is 12.0 Å². The molecule has 1 fully saturated rings. The first-order valence-corrected chi connectivity index (χ1v) is 7.03. The molecule has 22 heavy (non-hydrogen) atoms. The molecule has 2 rings (SSSR count). The summed E-state index contributed by atoms with van der Waals surface area (Å²) in [6.45, 7) is 0.895. The van der Waals surface area contributed by atoms with Crippen molar-refractivity contribution in [2.24, 2.45) is 0 Å². The summed E-state index contributed by atoms with van der Waals surface area (Å²) in [4.78, 5) is 25.4. The fourth-order valence-electron chi connectivity index (χ4n) is 2.28. The highest BCUT2D eigenvalue weighted by molar-refractivity contribution is 5.87. The number of nitrogens with zero attached hydrogens (tertiary/aromatic N) is 1. The van der Waals surface area contributed by atoms with Gasteiger partial charge in [0.15, 0.2) is 0 Å². The molecule has 1 aliphatic heterocycles.